The normalized spacial score (nSPS) is 17.9. The second kappa shape index (κ2) is 8.29. The van der Waals surface area contributed by atoms with Crippen LogP contribution in [-0.4, -0.2) is 42.5 Å². The van der Waals surface area contributed by atoms with Crippen LogP contribution in [0.4, 0.5) is 0 Å². The Labute approximate surface area is 135 Å². The first-order valence-electron chi connectivity index (χ1n) is 7.82. The van der Waals surface area contributed by atoms with Gasteiger partial charge in [0.05, 0.1) is 25.1 Å². The molecule has 2 rings (SSSR count). The van der Waals surface area contributed by atoms with Crippen molar-refractivity contribution >= 4 is 23.2 Å². The van der Waals surface area contributed by atoms with Crippen molar-refractivity contribution in [2.75, 3.05) is 19.7 Å². The number of ether oxygens (including phenoxy) is 1. The van der Waals surface area contributed by atoms with E-state index in [1.807, 2.05) is 31.4 Å². The van der Waals surface area contributed by atoms with Crippen LogP contribution in [0.1, 0.15) is 31.6 Å². The first-order chi connectivity index (χ1) is 10.6. The second-order valence-electron chi connectivity index (χ2n) is 5.54. The molecule has 1 aromatic heterocycles. The molecule has 1 N–H and O–H groups in total. The van der Waals surface area contributed by atoms with Gasteiger partial charge in [-0.05, 0) is 51.2 Å². The van der Waals surface area contributed by atoms with Gasteiger partial charge in [0.25, 0.3) is 0 Å². The maximum absolute atomic E-state index is 12.2. The van der Waals surface area contributed by atoms with Crippen LogP contribution in [-0.2, 0) is 20.9 Å². The van der Waals surface area contributed by atoms with Gasteiger partial charge in [0, 0.05) is 4.88 Å². The van der Waals surface area contributed by atoms with Crippen LogP contribution in [0.3, 0.4) is 0 Å². The van der Waals surface area contributed by atoms with Crippen molar-refractivity contribution < 1.29 is 14.3 Å². The highest BCUT2D eigenvalue weighted by atomic mass is 32.1. The fourth-order valence-electron chi connectivity index (χ4n) is 2.68. The number of likely N-dealkylation sites (tertiary alicyclic amines) is 1. The molecule has 0 aromatic carbocycles. The minimum Gasteiger partial charge on any atom is -0.466 e. The molecule has 1 amide bonds. The van der Waals surface area contributed by atoms with Crippen LogP contribution in [0.5, 0.6) is 0 Å². The van der Waals surface area contributed by atoms with Crippen LogP contribution in [0.25, 0.3) is 0 Å². The lowest BCUT2D eigenvalue weighted by atomic mass is 9.96. The van der Waals surface area contributed by atoms with Crippen molar-refractivity contribution in [3.63, 3.8) is 0 Å². The van der Waals surface area contributed by atoms with E-state index in [9.17, 15) is 9.59 Å². The van der Waals surface area contributed by atoms with E-state index in [1.165, 1.54) is 0 Å². The third-order valence-corrected chi connectivity index (χ3v) is 4.97. The molecule has 22 heavy (non-hydrogen) atoms. The molecule has 0 aliphatic carbocycles. The Hall–Kier alpha value is -1.40. The first-order valence-corrected chi connectivity index (χ1v) is 8.70. The first kappa shape index (κ1) is 17.0. The zero-order chi connectivity index (χ0) is 15.9. The van der Waals surface area contributed by atoms with Gasteiger partial charge in [-0.3, -0.25) is 14.5 Å². The molecule has 0 bridgehead atoms. The number of esters is 1. The van der Waals surface area contributed by atoms with Gasteiger partial charge in [0.1, 0.15) is 0 Å². The fraction of sp³-hybridized carbons (Fsp3) is 0.625. The fourth-order valence-corrected chi connectivity index (χ4v) is 3.33. The smallest absolute Gasteiger partial charge is 0.309 e. The van der Waals surface area contributed by atoms with Gasteiger partial charge in [-0.15, -0.1) is 11.3 Å². The lowest BCUT2D eigenvalue weighted by Crippen LogP contribution is -2.48. The summed E-state index contributed by atoms with van der Waals surface area (Å²) >= 11 is 1.64. The molecular weight excluding hydrogens is 300 g/mol. The standard InChI is InChI=1S/C16H24N2O3S/c1-3-21-16(20)13-6-8-18(9-7-13)12(2)15(19)17-11-14-5-4-10-22-14/h4-5,10,12-13H,3,6-9,11H2,1-2H3,(H,17,19)/t12-/m0/s1. The molecule has 0 spiro atoms. The Balaban J connectivity index is 1.75. The quantitative estimate of drug-likeness (QED) is 0.814. The molecule has 0 radical (unpaired) electrons. The monoisotopic (exact) mass is 324 g/mol. The minimum atomic E-state index is -0.164. The van der Waals surface area contributed by atoms with E-state index in [0.717, 1.165) is 30.8 Å². The number of thiophene rings is 1. The van der Waals surface area contributed by atoms with Crippen LogP contribution < -0.4 is 5.32 Å². The summed E-state index contributed by atoms with van der Waals surface area (Å²) in [6.45, 7) is 6.29. The number of carbonyl (C=O) groups is 2. The number of rotatable bonds is 6. The Bertz CT molecular complexity index is 482. The highest BCUT2D eigenvalue weighted by Crippen LogP contribution is 2.20. The molecule has 1 fully saturated rings. The number of nitrogens with zero attached hydrogens (tertiary/aromatic N) is 1. The molecule has 1 atom stereocenters. The topological polar surface area (TPSA) is 58.6 Å². The Morgan fingerprint density at radius 3 is 2.77 bits per heavy atom. The van der Waals surface area contributed by atoms with Gasteiger partial charge in [-0.25, -0.2) is 0 Å². The summed E-state index contributed by atoms with van der Waals surface area (Å²) < 4.78 is 5.07. The third-order valence-electron chi connectivity index (χ3n) is 4.09. The van der Waals surface area contributed by atoms with Gasteiger partial charge < -0.3 is 10.1 Å². The van der Waals surface area contributed by atoms with Gasteiger partial charge in [0.2, 0.25) is 5.91 Å². The number of nitrogens with one attached hydrogen (secondary N) is 1. The van der Waals surface area contributed by atoms with Crippen molar-refractivity contribution in [2.24, 2.45) is 5.92 Å². The molecule has 1 saturated heterocycles. The Kier molecular flexibility index (Phi) is 6.39. The summed E-state index contributed by atoms with van der Waals surface area (Å²) in [5.41, 5.74) is 0. The van der Waals surface area contributed by atoms with E-state index in [0.29, 0.717) is 13.2 Å². The molecule has 6 heteroatoms. The maximum Gasteiger partial charge on any atom is 0.309 e. The van der Waals surface area contributed by atoms with E-state index in [2.05, 4.69) is 10.2 Å². The molecule has 122 valence electrons. The molecular formula is C16H24N2O3S. The van der Waals surface area contributed by atoms with Crippen LogP contribution in [0, 0.1) is 5.92 Å². The van der Waals surface area contributed by atoms with Crippen molar-refractivity contribution in [1.29, 1.82) is 0 Å². The summed E-state index contributed by atoms with van der Waals surface area (Å²) in [6, 6.07) is 3.83. The molecule has 2 heterocycles. The van der Waals surface area contributed by atoms with Gasteiger partial charge in [-0.2, -0.15) is 0 Å². The summed E-state index contributed by atoms with van der Waals surface area (Å²) in [5, 5.41) is 4.98. The summed E-state index contributed by atoms with van der Waals surface area (Å²) in [4.78, 5) is 27.2. The van der Waals surface area contributed by atoms with Gasteiger partial charge in [0.15, 0.2) is 0 Å². The molecule has 1 aliphatic heterocycles. The zero-order valence-corrected chi connectivity index (χ0v) is 14.0. The summed E-state index contributed by atoms with van der Waals surface area (Å²) in [7, 11) is 0. The Morgan fingerprint density at radius 2 is 2.18 bits per heavy atom. The van der Waals surface area contributed by atoms with Crippen molar-refractivity contribution in [1.82, 2.24) is 10.2 Å². The molecule has 1 aliphatic rings. The maximum atomic E-state index is 12.2. The number of hydrogen-bond acceptors (Lipinski definition) is 5. The van der Waals surface area contributed by atoms with Gasteiger partial charge in [-0.1, -0.05) is 6.07 Å². The summed E-state index contributed by atoms with van der Waals surface area (Å²) in [6.07, 6.45) is 1.53. The van der Waals surface area contributed by atoms with E-state index in [-0.39, 0.29) is 23.8 Å². The van der Waals surface area contributed by atoms with E-state index < -0.39 is 0 Å². The molecule has 0 saturated carbocycles. The number of amides is 1. The van der Waals surface area contributed by atoms with Crippen LogP contribution in [0.15, 0.2) is 17.5 Å². The largest absolute Gasteiger partial charge is 0.466 e. The average Bonchev–Trinajstić information content (AvgIpc) is 3.05. The SMILES string of the molecule is CCOC(=O)C1CCN([C@@H](C)C(=O)NCc2cccs2)CC1. The predicted octanol–water partition coefficient (Wildman–Crippen LogP) is 2.03. The van der Waals surface area contributed by atoms with Crippen LogP contribution >= 0.6 is 11.3 Å². The average molecular weight is 324 g/mol. The van der Waals surface area contributed by atoms with Crippen molar-refractivity contribution in [2.45, 2.75) is 39.3 Å². The minimum absolute atomic E-state index is 0.0161. The third kappa shape index (κ3) is 4.55. The zero-order valence-electron chi connectivity index (χ0n) is 13.2. The van der Waals surface area contributed by atoms with Gasteiger partial charge >= 0.3 is 5.97 Å². The summed E-state index contributed by atoms with van der Waals surface area (Å²) in [5.74, 6) is -0.0717. The molecule has 1 aromatic rings. The predicted molar refractivity (Wildman–Crippen MR) is 86.6 cm³/mol. The lowest BCUT2D eigenvalue weighted by Gasteiger charge is -2.34. The number of hydrogen-bond donors (Lipinski definition) is 1. The number of piperidine rings is 1. The van der Waals surface area contributed by atoms with Crippen molar-refractivity contribution in [3.8, 4) is 0 Å². The second-order valence-corrected chi connectivity index (χ2v) is 6.57. The Morgan fingerprint density at radius 1 is 1.45 bits per heavy atom. The molecule has 5 nitrogen and oxygen atoms in total. The van der Waals surface area contributed by atoms with Crippen molar-refractivity contribution in [3.05, 3.63) is 22.4 Å². The highest BCUT2D eigenvalue weighted by Gasteiger charge is 2.30. The molecule has 0 unspecified atom stereocenters. The van der Waals surface area contributed by atoms with Crippen LogP contribution in [0.2, 0.25) is 0 Å². The number of carbonyl (C=O) groups excluding carboxylic acids is 2. The highest BCUT2D eigenvalue weighted by molar-refractivity contribution is 7.09. The van der Waals surface area contributed by atoms with E-state index >= 15 is 0 Å². The van der Waals surface area contributed by atoms with E-state index in [1.54, 1.807) is 11.3 Å². The lowest BCUT2D eigenvalue weighted by molar-refractivity contribution is -0.149. The van der Waals surface area contributed by atoms with E-state index in [4.69, 9.17) is 4.74 Å².